The molecule has 3 aromatic rings. The van der Waals surface area contributed by atoms with Crippen LogP contribution in [0.5, 0.6) is 0 Å². The maximum atomic E-state index is 14.8. The number of fused-ring (bicyclic) bond motifs is 1. The van der Waals surface area contributed by atoms with Crippen molar-refractivity contribution < 1.29 is 27.5 Å². The van der Waals surface area contributed by atoms with Crippen molar-refractivity contribution >= 4 is 22.9 Å². The lowest BCUT2D eigenvalue weighted by Crippen LogP contribution is -2.37. The number of hydrogen-bond donors (Lipinski definition) is 2. The van der Waals surface area contributed by atoms with Gasteiger partial charge in [-0.1, -0.05) is 6.07 Å². The molecule has 35 heavy (non-hydrogen) atoms. The van der Waals surface area contributed by atoms with Crippen molar-refractivity contribution in [2.45, 2.75) is 52.2 Å². The predicted octanol–water partition coefficient (Wildman–Crippen LogP) is 3.81. The van der Waals surface area contributed by atoms with E-state index in [1.165, 1.54) is 13.0 Å². The molecule has 11 heteroatoms. The number of rotatable bonds is 6. The molecule has 8 nitrogen and oxygen atoms in total. The van der Waals surface area contributed by atoms with Crippen LogP contribution in [0.4, 0.5) is 18.0 Å². The number of nitrogens with two attached hydrogens (primary N) is 1. The number of ether oxygens (including phenoxy) is 1. The third-order valence-corrected chi connectivity index (χ3v) is 4.95. The Balaban J connectivity index is 2.29. The van der Waals surface area contributed by atoms with Gasteiger partial charge in [0.1, 0.15) is 34.4 Å². The molecule has 186 valence electrons. The standard InChI is InChI=1S/C24H25F3N4O4/c1-12(29-23(34)35-24(2,3)4)21-30-20-17(27)7-5-13(6-8-18(28)32)19(20)22(33)31(21)16-10-14(25)9-15(26)11-16/h5,7,9-12H,6,8H2,1-4H3,(H2,28,32)(H,29,34)/t12-/m0/s1. The lowest BCUT2D eigenvalue weighted by molar-refractivity contribution is -0.117. The van der Waals surface area contributed by atoms with Gasteiger partial charge in [0, 0.05) is 12.5 Å². The number of amides is 2. The summed E-state index contributed by atoms with van der Waals surface area (Å²) in [6.45, 7) is 6.42. The van der Waals surface area contributed by atoms with E-state index in [-0.39, 0.29) is 40.8 Å². The normalized spacial score (nSPS) is 12.4. The molecule has 0 fully saturated rings. The van der Waals surface area contributed by atoms with E-state index in [2.05, 4.69) is 10.3 Å². The molecule has 1 heterocycles. The van der Waals surface area contributed by atoms with Crippen molar-refractivity contribution in [1.82, 2.24) is 14.9 Å². The fourth-order valence-corrected chi connectivity index (χ4v) is 3.56. The van der Waals surface area contributed by atoms with Crippen LogP contribution in [-0.2, 0) is 16.0 Å². The van der Waals surface area contributed by atoms with E-state index in [0.717, 1.165) is 22.8 Å². The number of nitrogens with zero attached hydrogens (tertiary/aromatic N) is 2. The van der Waals surface area contributed by atoms with E-state index in [0.29, 0.717) is 6.07 Å². The summed E-state index contributed by atoms with van der Waals surface area (Å²) in [6, 6.07) is 3.81. The van der Waals surface area contributed by atoms with Gasteiger partial charge in [0.2, 0.25) is 5.91 Å². The lowest BCUT2D eigenvalue weighted by atomic mass is 10.0. The Hall–Kier alpha value is -3.89. The van der Waals surface area contributed by atoms with Crippen LogP contribution in [-0.4, -0.2) is 27.2 Å². The maximum Gasteiger partial charge on any atom is 0.408 e. The minimum atomic E-state index is -1.04. The van der Waals surface area contributed by atoms with Gasteiger partial charge in [-0.15, -0.1) is 0 Å². The molecule has 0 aliphatic rings. The summed E-state index contributed by atoms with van der Waals surface area (Å²) in [6.07, 6.45) is -0.939. The van der Waals surface area contributed by atoms with Crippen LogP contribution >= 0.6 is 0 Å². The van der Waals surface area contributed by atoms with Gasteiger partial charge in [-0.05, 0) is 57.9 Å². The zero-order valence-electron chi connectivity index (χ0n) is 19.6. The molecule has 0 spiro atoms. The first-order valence-corrected chi connectivity index (χ1v) is 10.7. The SMILES string of the molecule is C[C@H](NC(=O)OC(C)(C)C)c1nc2c(F)ccc(CCC(N)=O)c2c(=O)n1-c1cc(F)cc(F)c1. The van der Waals surface area contributed by atoms with Crippen molar-refractivity contribution in [1.29, 1.82) is 0 Å². The highest BCUT2D eigenvalue weighted by molar-refractivity contribution is 5.83. The molecule has 0 aliphatic carbocycles. The highest BCUT2D eigenvalue weighted by Crippen LogP contribution is 2.24. The first-order chi connectivity index (χ1) is 16.3. The fraction of sp³-hybridized carbons (Fsp3) is 0.333. The molecule has 1 atom stereocenters. The van der Waals surface area contributed by atoms with Crippen molar-refractivity contribution in [2.24, 2.45) is 5.73 Å². The van der Waals surface area contributed by atoms with E-state index in [9.17, 15) is 27.6 Å². The van der Waals surface area contributed by atoms with Gasteiger partial charge in [0.15, 0.2) is 0 Å². The summed E-state index contributed by atoms with van der Waals surface area (Å²) in [4.78, 5) is 41.5. The van der Waals surface area contributed by atoms with Gasteiger partial charge in [-0.2, -0.15) is 0 Å². The minimum absolute atomic E-state index is 0.0194. The molecular formula is C24H25F3N4O4. The number of halogens is 3. The summed E-state index contributed by atoms with van der Waals surface area (Å²) in [7, 11) is 0. The quantitative estimate of drug-likeness (QED) is 0.545. The number of carbonyl (C=O) groups is 2. The largest absolute Gasteiger partial charge is 0.444 e. The van der Waals surface area contributed by atoms with Crippen LogP contribution < -0.4 is 16.6 Å². The molecule has 2 aromatic carbocycles. The fourth-order valence-electron chi connectivity index (χ4n) is 3.56. The number of alkyl carbamates (subject to hydrolysis) is 1. The van der Waals surface area contributed by atoms with Crippen molar-refractivity contribution in [3.8, 4) is 5.69 Å². The number of aryl methyl sites for hydroxylation is 1. The number of hydrogen-bond acceptors (Lipinski definition) is 5. The van der Waals surface area contributed by atoms with Crippen molar-refractivity contribution in [3.05, 3.63) is 69.5 Å². The third kappa shape index (κ3) is 5.97. The zero-order valence-corrected chi connectivity index (χ0v) is 19.6. The van der Waals surface area contributed by atoms with Gasteiger partial charge >= 0.3 is 6.09 Å². The Bertz CT molecular complexity index is 1350. The van der Waals surface area contributed by atoms with Crippen LogP contribution in [0.1, 0.15) is 51.5 Å². The third-order valence-electron chi connectivity index (χ3n) is 4.95. The first kappa shape index (κ1) is 25.7. The van der Waals surface area contributed by atoms with Crippen LogP contribution in [0.15, 0.2) is 35.1 Å². The Morgan fingerprint density at radius 2 is 1.77 bits per heavy atom. The molecule has 0 saturated carbocycles. The van der Waals surface area contributed by atoms with E-state index < -0.39 is 46.7 Å². The maximum absolute atomic E-state index is 14.8. The van der Waals surface area contributed by atoms with E-state index >= 15 is 0 Å². The Kier molecular flexibility index (Phi) is 7.18. The monoisotopic (exact) mass is 490 g/mol. The summed E-state index contributed by atoms with van der Waals surface area (Å²) >= 11 is 0. The van der Waals surface area contributed by atoms with Crippen LogP contribution in [0, 0.1) is 17.5 Å². The highest BCUT2D eigenvalue weighted by atomic mass is 19.1. The van der Waals surface area contributed by atoms with Gasteiger partial charge in [0.25, 0.3) is 5.56 Å². The number of benzene rings is 2. The molecule has 0 aliphatic heterocycles. The first-order valence-electron chi connectivity index (χ1n) is 10.7. The molecule has 0 unspecified atom stereocenters. The second-order valence-electron chi connectivity index (χ2n) is 9.00. The molecule has 3 N–H and O–H groups in total. The van der Waals surface area contributed by atoms with E-state index in [4.69, 9.17) is 10.5 Å². The van der Waals surface area contributed by atoms with Crippen LogP contribution in [0.2, 0.25) is 0 Å². The lowest BCUT2D eigenvalue weighted by Gasteiger charge is -2.23. The second kappa shape index (κ2) is 9.77. The number of carbonyl (C=O) groups excluding carboxylic acids is 2. The summed E-state index contributed by atoms with van der Waals surface area (Å²) in [5.74, 6) is -3.57. The summed E-state index contributed by atoms with van der Waals surface area (Å²) in [5.41, 5.74) is 3.28. The molecule has 2 amide bonds. The van der Waals surface area contributed by atoms with Gasteiger partial charge in [-0.25, -0.2) is 22.9 Å². The molecule has 1 aromatic heterocycles. The molecule has 3 rings (SSSR count). The number of primary amides is 1. The molecule has 0 radical (unpaired) electrons. The smallest absolute Gasteiger partial charge is 0.408 e. The number of nitrogens with one attached hydrogen (secondary N) is 1. The topological polar surface area (TPSA) is 116 Å². The summed E-state index contributed by atoms with van der Waals surface area (Å²) < 4.78 is 49.0. The zero-order chi connectivity index (χ0) is 26.1. The van der Waals surface area contributed by atoms with Gasteiger partial charge in [0.05, 0.1) is 17.1 Å². The number of aromatic nitrogens is 2. The Labute approximate surface area is 198 Å². The summed E-state index contributed by atoms with van der Waals surface area (Å²) in [5, 5.41) is 2.33. The van der Waals surface area contributed by atoms with Crippen molar-refractivity contribution in [2.75, 3.05) is 0 Å². The van der Waals surface area contributed by atoms with Crippen molar-refractivity contribution in [3.63, 3.8) is 0 Å². The second-order valence-corrected chi connectivity index (χ2v) is 9.00. The van der Waals surface area contributed by atoms with Gasteiger partial charge in [-0.3, -0.25) is 14.2 Å². The Morgan fingerprint density at radius 1 is 1.14 bits per heavy atom. The average Bonchev–Trinajstić information content (AvgIpc) is 2.70. The minimum Gasteiger partial charge on any atom is -0.444 e. The van der Waals surface area contributed by atoms with Gasteiger partial charge < -0.3 is 15.8 Å². The van der Waals surface area contributed by atoms with E-state index in [1.807, 2.05) is 0 Å². The molecular weight excluding hydrogens is 465 g/mol. The van der Waals surface area contributed by atoms with E-state index in [1.54, 1.807) is 20.8 Å². The molecule has 0 bridgehead atoms. The average molecular weight is 490 g/mol. The highest BCUT2D eigenvalue weighted by Gasteiger charge is 2.25. The predicted molar refractivity (Wildman–Crippen MR) is 123 cm³/mol. The Morgan fingerprint density at radius 3 is 2.34 bits per heavy atom. The molecule has 0 saturated heterocycles. The van der Waals surface area contributed by atoms with Crippen LogP contribution in [0.25, 0.3) is 16.6 Å². The van der Waals surface area contributed by atoms with Crippen LogP contribution in [0.3, 0.4) is 0 Å².